The van der Waals surface area contributed by atoms with Gasteiger partial charge in [0.05, 0.1) is 6.04 Å². The average molecular weight is 249 g/mol. The maximum atomic E-state index is 12.0. The maximum Gasteiger partial charge on any atom is 0.242 e. The number of nitrogens with zero attached hydrogens (tertiary/aromatic N) is 1. The van der Waals surface area contributed by atoms with Crippen molar-refractivity contribution >= 4 is 11.7 Å². The number of pyridine rings is 1. The molecule has 98 valence electrons. The summed E-state index contributed by atoms with van der Waals surface area (Å²) >= 11 is 0. The van der Waals surface area contributed by atoms with Crippen LogP contribution in [-0.2, 0) is 9.53 Å². The smallest absolute Gasteiger partial charge is 0.242 e. The summed E-state index contributed by atoms with van der Waals surface area (Å²) in [7, 11) is 0. The SMILES string of the molecule is Cc1cccc(NC(=O)C(N)C2CCOCC2)n1. The summed E-state index contributed by atoms with van der Waals surface area (Å²) in [4.78, 5) is 16.2. The van der Waals surface area contributed by atoms with E-state index in [2.05, 4.69) is 10.3 Å². The number of ether oxygens (including phenoxy) is 1. The first-order valence-corrected chi connectivity index (χ1v) is 6.24. The number of aromatic nitrogens is 1. The number of rotatable bonds is 3. The molecule has 3 N–H and O–H groups in total. The number of carbonyl (C=O) groups excluding carboxylic acids is 1. The number of carbonyl (C=O) groups is 1. The first-order valence-electron chi connectivity index (χ1n) is 6.24. The molecule has 1 amide bonds. The highest BCUT2D eigenvalue weighted by atomic mass is 16.5. The maximum absolute atomic E-state index is 12.0. The van der Waals surface area contributed by atoms with Gasteiger partial charge in [-0.15, -0.1) is 0 Å². The van der Waals surface area contributed by atoms with Gasteiger partial charge in [0.15, 0.2) is 0 Å². The lowest BCUT2D eigenvalue weighted by molar-refractivity contribution is -0.119. The van der Waals surface area contributed by atoms with Crippen LogP contribution in [-0.4, -0.2) is 30.1 Å². The number of hydrogen-bond acceptors (Lipinski definition) is 4. The molecule has 1 aromatic rings. The molecule has 1 aliphatic heterocycles. The van der Waals surface area contributed by atoms with Crippen LogP contribution >= 0.6 is 0 Å². The Morgan fingerprint density at radius 1 is 1.50 bits per heavy atom. The standard InChI is InChI=1S/C13H19N3O2/c1-9-3-2-4-11(15-9)16-13(17)12(14)10-5-7-18-8-6-10/h2-4,10,12H,5-8,14H2,1H3,(H,15,16,17). The first kappa shape index (κ1) is 13.0. The topological polar surface area (TPSA) is 77.2 Å². The van der Waals surface area contributed by atoms with E-state index in [0.29, 0.717) is 19.0 Å². The predicted molar refractivity (Wildman–Crippen MR) is 69.1 cm³/mol. The highest BCUT2D eigenvalue weighted by Crippen LogP contribution is 2.18. The van der Waals surface area contributed by atoms with Crippen LogP contribution in [0.15, 0.2) is 18.2 Å². The van der Waals surface area contributed by atoms with E-state index < -0.39 is 6.04 Å². The fourth-order valence-corrected chi connectivity index (χ4v) is 2.11. The fourth-order valence-electron chi connectivity index (χ4n) is 2.11. The highest BCUT2D eigenvalue weighted by Gasteiger charge is 2.26. The normalized spacial score (nSPS) is 18.3. The number of aryl methyl sites for hydroxylation is 1. The number of anilines is 1. The van der Waals surface area contributed by atoms with Crippen molar-refractivity contribution in [1.29, 1.82) is 0 Å². The summed E-state index contributed by atoms with van der Waals surface area (Å²) in [6.45, 7) is 3.26. The van der Waals surface area contributed by atoms with Crippen molar-refractivity contribution in [1.82, 2.24) is 4.98 Å². The zero-order valence-electron chi connectivity index (χ0n) is 10.6. The van der Waals surface area contributed by atoms with Gasteiger partial charge in [-0.25, -0.2) is 4.98 Å². The van der Waals surface area contributed by atoms with Gasteiger partial charge in [-0.1, -0.05) is 6.07 Å². The fraction of sp³-hybridized carbons (Fsp3) is 0.538. The van der Waals surface area contributed by atoms with Crippen LogP contribution in [0, 0.1) is 12.8 Å². The molecule has 0 aliphatic carbocycles. The van der Waals surface area contributed by atoms with Crippen molar-refractivity contribution in [3.05, 3.63) is 23.9 Å². The Bertz CT molecular complexity index is 416. The van der Waals surface area contributed by atoms with Gasteiger partial charge in [-0.2, -0.15) is 0 Å². The van der Waals surface area contributed by atoms with E-state index in [1.807, 2.05) is 19.1 Å². The summed E-state index contributed by atoms with van der Waals surface area (Å²) in [6.07, 6.45) is 1.69. The van der Waals surface area contributed by atoms with Gasteiger partial charge >= 0.3 is 0 Å². The molecule has 1 aliphatic rings. The average Bonchev–Trinajstić information content (AvgIpc) is 2.39. The molecule has 1 fully saturated rings. The van der Waals surface area contributed by atoms with Gasteiger partial charge in [0, 0.05) is 18.9 Å². The molecular weight excluding hydrogens is 230 g/mol. The molecule has 1 saturated heterocycles. The molecule has 1 aromatic heterocycles. The number of amides is 1. The van der Waals surface area contributed by atoms with E-state index in [4.69, 9.17) is 10.5 Å². The van der Waals surface area contributed by atoms with Gasteiger partial charge in [0.1, 0.15) is 5.82 Å². The molecule has 0 aromatic carbocycles. The van der Waals surface area contributed by atoms with Crippen molar-refractivity contribution in [2.45, 2.75) is 25.8 Å². The zero-order valence-corrected chi connectivity index (χ0v) is 10.6. The van der Waals surface area contributed by atoms with Crippen LogP contribution in [0.1, 0.15) is 18.5 Å². The molecule has 2 heterocycles. The van der Waals surface area contributed by atoms with Crippen molar-refractivity contribution in [2.75, 3.05) is 18.5 Å². The second-order valence-electron chi connectivity index (χ2n) is 4.63. The summed E-state index contributed by atoms with van der Waals surface area (Å²) < 4.78 is 5.26. The monoisotopic (exact) mass is 249 g/mol. The van der Waals surface area contributed by atoms with Crippen molar-refractivity contribution in [2.24, 2.45) is 11.7 Å². The Hall–Kier alpha value is -1.46. The third-order valence-corrected chi connectivity index (χ3v) is 3.22. The Morgan fingerprint density at radius 3 is 2.89 bits per heavy atom. The second kappa shape index (κ2) is 5.93. The molecule has 2 rings (SSSR count). The van der Waals surface area contributed by atoms with Gasteiger partial charge in [-0.3, -0.25) is 4.79 Å². The van der Waals surface area contributed by atoms with Gasteiger partial charge < -0.3 is 15.8 Å². The Kier molecular flexibility index (Phi) is 4.28. The minimum atomic E-state index is -0.490. The molecule has 0 radical (unpaired) electrons. The van der Waals surface area contributed by atoms with E-state index in [-0.39, 0.29) is 11.8 Å². The lowest BCUT2D eigenvalue weighted by Crippen LogP contribution is -2.44. The Labute approximate surface area is 107 Å². The van der Waals surface area contributed by atoms with Crippen LogP contribution in [0.3, 0.4) is 0 Å². The van der Waals surface area contributed by atoms with Crippen LogP contribution in [0.4, 0.5) is 5.82 Å². The predicted octanol–water partition coefficient (Wildman–Crippen LogP) is 1.08. The molecular formula is C13H19N3O2. The van der Waals surface area contributed by atoms with Crippen LogP contribution < -0.4 is 11.1 Å². The molecule has 5 nitrogen and oxygen atoms in total. The quantitative estimate of drug-likeness (QED) is 0.840. The molecule has 5 heteroatoms. The Balaban J connectivity index is 1.94. The summed E-state index contributed by atoms with van der Waals surface area (Å²) in [6, 6.07) is 5.02. The minimum Gasteiger partial charge on any atom is -0.381 e. The van der Waals surface area contributed by atoms with Crippen molar-refractivity contribution in [3.63, 3.8) is 0 Å². The zero-order chi connectivity index (χ0) is 13.0. The molecule has 1 unspecified atom stereocenters. The molecule has 18 heavy (non-hydrogen) atoms. The van der Waals surface area contributed by atoms with Gasteiger partial charge in [0.2, 0.25) is 5.91 Å². The summed E-state index contributed by atoms with van der Waals surface area (Å²) in [5, 5.41) is 2.76. The second-order valence-corrected chi connectivity index (χ2v) is 4.63. The Morgan fingerprint density at radius 2 is 2.22 bits per heavy atom. The lowest BCUT2D eigenvalue weighted by atomic mass is 9.92. The minimum absolute atomic E-state index is 0.167. The molecule has 1 atom stereocenters. The number of nitrogens with one attached hydrogen (secondary N) is 1. The van der Waals surface area contributed by atoms with E-state index in [1.165, 1.54) is 0 Å². The number of hydrogen-bond donors (Lipinski definition) is 2. The summed E-state index contributed by atoms with van der Waals surface area (Å²) in [5.41, 5.74) is 6.85. The van der Waals surface area contributed by atoms with Crippen LogP contribution in [0.25, 0.3) is 0 Å². The van der Waals surface area contributed by atoms with Gasteiger partial charge in [-0.05, 0) is 37.8 Å². The van der Waals surface area contributed by atoms with Gasteiger partial charge in [0.25, 0.3) is 0 Å². The third-order valence-electron chi connectivity index (χ3n) is 3.22. The van der Waals surface area contributed by atoms with Crippen LogP contribution in [0.5, 0.6) is 0 Å². The highest BCUT2D eigenvalue weighted by molar-refractivity contribution is 5.94. The van der Waals surface area contributed by atoms with E-state index in [1.54, 1.807) is 6.07 Å². The number of nitrogens with two attached hydrogens (primary N) is 1. The summed E-state index contributed by atoms with van der Waals surface area (Å²) in [5.74, 6) is 0.589. The molecule has 0 bridgehead atoms. The van der Waals surface area contributed by atoms with Crippen molar-refractivity contribution < 1.29 is 9.53 Å². The van der Waals surface area contributed by atoms with Crippen molar-refractivity contribution in [3.8, 4) is 0 Å². The van der Waals surface area contributed by atoms with E-state index in [0.717, 1.165) is 18.5 Å². The molecule has 0 saturated carbocycles. The lowest BCUT2D eigenvalue weighted by Gasteiger charge is -2.26. The first-order chi connectivity index (χ1) is 8.66. The van der Waals surface area contributed by atoms with E-state index >= 15 is 0 Å². The molecule has 0 spiro atoms. The van der Waals surface area contributed by atoms with E-state index in [9.17, 15) is 4.79 Å². The third kappa shape index (κ3) is 3.27. The van der Waals surface area contributed by atoms with Crippen LogP contribution in [0.2, 0.25) is 0 Å². The largest absolute Gasteiger partial charge is 0.381 e.